The molecule has 0 N–H and O–H groups in total. The number of nitrogens with zero attached hydrogens (tertiary/aromatic N) is 1. The largest absolute Gasteiger partial charge is 0.444 e. The molecule has 1 aliphatic heterocycles. The maximum atomic E-state index is 13.3. The van der Waals surface area contributed by atoms with Crippen LogP contribution in [0.1, 0.15) is 27.2 Å². The van der Waals surface area contributed by atoms with E-state index in [0.717, 1.165) is 0 Å². The lowest BCUT2D eigenvalue weighted by Crippen LogP contribution is -2.49. The van der Waals surface area contributed by atoms with Crippen molar-refractivity contribution >= 4 is 6.09 Å². The quantitative estimate of drug-likeness (QED) is 0.695. The van der Waals surface area contributed by atoms with Crippen LogP contribution in [0.25, 0.3) is 0 Å². The van der Waals surface area contributed by atoms with Gasteiger partial charge in [-0.05, 0) is 27.2 Å². The van der Waals surface area contributed by atoms with Crippen LogP contribution in [0.3, 0.4) is 0 Å². The summed E-state index contributed by atoms with van der Waals surface area (Å²) >= 11 is 0. The second kappa shape index (κ2) is 4.99. The van der Waals surface area contributed by atoms with E-state index in [-0.39, 0.29) is 6.54 Å². The van der Waals surface area contributed by atoms with Gasteiger partial charge in [0.25, 0.3) is 0 Å². The average Bonchev–Trinajstić information content (AvgIpc) is 2.15. The van der Waals surface area contributed by atoms with E-state index in [1.165, 1.54) is 12.0 Å². The highest BCUT2D eigenvalue weighted by atomic mass is 19.1. The molecule has 1 saturated heterocycles. The first-order valence-electron chi connectivity index (χ1n) is 5.48. The predicted molar refractivity (Wildman–Crippen MR) is 58.1 cm³/mol. The molecule has 0 saturated carbocycles. The summed E-state index contributed by atoms with van der Waals surface area (Å²) in [4.78, 5) is 13.2. The fourth-order valence-corrected chi connectivity index (χ4v) is 1.60. The number of likely N-dealkylation sites (tertiary alicyclic amines) is 1. The van der Waals surface area contributed by atoms with Crippen molar-refractivity contribution in [3.63, 3.8) is 0 Å². The Kier molecular flexibility index (Phi) is 4.13. The lowest BCUT2D eigenvalue weighted by molar-refractivity contribution is -0.0373. The number of hydrogen-bond donors (Lipinski definition) is 0. The van der Waals surface area contributed by atoms with Crippen molar-refractivity contribution in [3.05, 3.63) is 0 Å². The molecule has 0 aromatic carbocycles. The van der Waals surface area contributed by atoms with Crippen LogP contribution >= 0.6 is 0 Å². The van der Waals surface area contributed by atoms with Crippen LogP contribution in [0, 0.1) is 0 Å². The van der Waals surface area contributed by atoms with Gasteiger partial charge in [-0.2, -0.15) is 0 Å². The molecule has 0 aromatic heterocycles. The minimum atomic E-state index is -0.997. The first-order chi connectivity index (χ1) is 7.33. The molecule has 1 heterocycles. The Labute approximate surface area is 95.7 Å². The molecule has 94 valence electrons. The monoisotopic (exact) mass is 233 g/mol. The molecule has 1 fully saturated rings. The van der Waals surface area contributed by atoms with Gasteiger partial charge in [0.15, 0.2) is 0 Å². The predicted octanol–water partition coefficient (Wildman–Crippen LogP) is 1.98. The molecule has 5 heteroatoms. The van der Waals surface area contributed by atoms with Crippen LogP contribution in [0.4, 0.5) is 9.18 Å². The van der Waals surface area contributed by atoms with E-state index in [1.54, 1.807) is 20.8 Å². The molecule has 4 nitrogen and oxygen atoms in total. The fraction of sp³-hybridized carbons (Fsp3) is 0.909. The first-order valence-corrected chi connectivity index (χ1v) is 5.48. The number of piperidine rings is 1. The zero-order valence-corrected chi connectivity index (χ0v) is 10.3. The van der Waals surface area contributed by atoms with Crippen LogP contribution in [0.2, 0.25) is 0 Å². The van der Waals surface area contributed by atoms with E-state index < -0.39 is 24.0 Å². The smallest absolute Gasteiger partial charge is 0.410 e. The highest BCUT2D eigenvalue weighted by Gasteiger charge is 2.33. The van der Waals surface area contributed by atoms with Gasteiger partial charge >= 0.3 is 6.09 Å². The molecule has 1 rings (SSSR count). The molecule has 1 aliphatic rings. The molecule has 0 spiro atoms. The van der Waals surface area contributed by atoms with Gasteiger partial charge in [0.2, 0.25) is 0 Å². The molecule has 0 radical (unpaired) electrons. The number of amides is 1. The maximum absolute atomic E-state index is 13.3. The molecule has 1 amide bonds. The van der Waals surface area contributed by atoms with E-state index in [1.807, 2.05) is 0 Å². The van der Waals surface area contributed by atoms with Gasteiger partial charge in [0, 0.05) is 13.7 Å². The summed E-state index contributed by atoms with van der Waals surface area (Å²) in [6, 6.07) is 0. The first kappa shape index (κ1) is 13.2. The molecule has 0 bridgehead atoms. The van der Waals surface area contributed by atoms with E-state index in [2.05, 4.69) is 0 Å². The van der Waals surface area contributed by atoms with Gasteiger partial charge < -0.3 is 14.4 Å². The van der Waals surface area contributed by atoms with Crippen LogP contribution in [0.5, 0.6) is 0 Å². The number of halogens is 1. The van der Waals surface area contributed by atoms with Gasteiger partial charge in [0.1, 0.15) is 17.9 Å². The number of ether oxygens (including phenoxy) is 2. The van der Waals surface area contributed by atoms with Crippen molar-refractivity contribution in [2.45, 2.75) is 45.1 Å². The van der Waals surface area contributed by atoms with E-state index in [4.69, 9.17) is 9.47 Å². The summed E-state index contributed by atoms with van der Waals surface area (Å²) in [5.74, 6) is 0. The number of carbonyl (C=O) groups is 1. The van der Waals surface area contributed by atoms with E-state index in [9.17, 15) is 9.18 Å². The molecule has 0 aliphatic carbocycles. The lowest BCUT2D eigenvalue weighted by atomic mass is 10.1. The normalized spacial score (nSPS) is 26.7. The highest BCUT2D eigenvalue weighted by molar-refractivity contribution is 5.68. The third-order valence-corrected chi connectivity index (χ3v) is 2.43. The molecular weight excluding hydrogens is 213 g/mol. The maximum Gasteiger partial charge on any atom is 0.410 e. The Hall–Kier alpha value is -0.840. The van der Waals surface area contributed by atoms with Crippen molar-refractivity contribution in [3.8, 4) is 0 Å². The van der Waals surface area contributed by atoms with E-state index >= 15 is 0 Å². The number of rotatable bonds is 1. The Morgan fingerprint density at radius 2 is 2.06 bits per heavy atom. The number of hydrogen-bond acceptors (Lipinski definition) is 3. The minimum absolute atomic E-state index is 0.257. The van der Waals surface area contributed by atoms with Gasteiger partial charge in [-0.1, -0.05) is 0 Å². The fourth-order valence-electron chi connectivity index (χ4n) is 1.60. The van der Waals surface area contributed by atoms with Crippen molar-refractivity contribution in [2.24, 2.45) is 0 Å². The Bertz CT molecular complexity index is 252. The van der Waals surface area contributed by atoms with Crippen molar-refractivity contribution in [2.75, 3.05) is 20.2 Å². The zero-order valence-electron chi connectivity index (χ0n) is 10.3. The Morgan fingerprint density at radius 3 is 2.56 bits per heavy atom. The van der Waals surface area contributed by atoms with Gasteiger partial charge in [0.05, 0.1) is 6.54 Å². The third-order valence-electron chi connectivity index (χ3n) is 2.43. The van der Waals surface area contributed by atoms with Gasteiger partial charge in [-0.25, -0.2) is 9.18 Å². The van der Waals surface area contributed by atoms with Gasteiger partial charge in [-0.15, -0.1) is 0 Å². The van der Waals surface area contributed by atoms with Crippen molar-refractivity contribution in [1.29, 1.82) is 0 Å². The zero-order chi connectivity index (χ0) is 12.3. The lowest BCUT2D eigenvalue weighted by Gasteiger charge is -2.35. The topological polar surface area (TPSA) is 38.8 Å². The van der Waals surface area contributed by atoms with Crippen LogP contribution < -0.4 is 0 Å². The van der Waals surface area contributed by atoms with E-state index in [0.29, 0.717) is 13.0 Å². The van der Waals surface area contributed by atoms with Crippen LogP contribution in [-0.4, -0.2) is 49.1 Å². The molecular formula is C11H20FNO3. The third kappa shape index (κ3) is 3.63. The summed E-state index contributed by atoms with van der Waals surface area (Å²) in [7, 11) is 1.45. The molecule has 2 atom stereocenters. The summed E-state index contributed by atoms with van der Waals surface area (Å²) in [6.45, 7) is 6.06. The summed E-state index contributed by atoms with van der Waals surface area (Å²) < 4.78 is 23.5. The van der Waals surface area contributed by atoms with Crippen molar-refractivity contribution in [1.82, 2.24) is 4.90 Å². The number of alkyl halides is 1. The Balaban J connectivity index is 2.52. The molecule has 0 aromatic rings. The second-order valence-corrected chi connectivity index (χ2v) is 5.01. The molecule has 16 heavy (non-hydrogen) atoms. The minimum Gasteiger partial charge on any atom is -0.444 e. The van der Waals surface area contributed by atoms with Gasteiger partial charge in [-0.3, -0.25) is 0 Å². The SMILES string of the molecule is CO[C@@H]1CN(C(=O)OC(C)(C)C)CC[C@H]1F. The Morgan fingerprint density at radius 1 is 1.44 bits per heavy atom. The molecule has 0 unspecified atom stereocenters. The second-order valence-electron chi connectivity index (χ2n) is 5.01. The van der Waals surface area contributed by atoms with Crippen LogP contribution in [-0.2, 0) is 9.47 Å². The summed E-state index contributed by atoms with van der Waals surface area (Å²) in [6.07, 6.45) is -1.64. The standard InChI is InChI=1S/C11H20FNO3/c1-11(2,3)16-10(14)13-6-5-8(12)9(7-13)15-4/h8-9H,5-7H2,1-4H3/t8-,9-/m1/s1. The summed E-state index contributed by atoms with van der Waals surface area (Å²) in [5.41, 5.74) is -0.522. The van der Waals surface area contributed by atoms with Crippen LogP contribution in [0.15, 0.2) is 0 Å². The highest BCUT2D eigenvalue weighted by Crippen LogP contribution is 2.19. The number of carbonyl (C=O) groups excluding carboxylic acids is 1. The van der Waals surface area contributed by atoms with Crippen molar-refractivity contribution < 1.29 is 18.7 Å². The number of methoxy groups -OCH3 is 1. The average molecular weight is 233 g/mol. The summed E-state index contributed by atoms with van der Waals surface area (Å²) in [5, 5.41) is 0.